The van der Waals surface area contributed by atoms with E-state index in [1.54, 1.807) is 25.2 Å². The van der Waals surface area contributed by atoms with Crippen molar-refractivity contribution in [1.29, 1.82) is 0 Å². The number of amides is 1. The van der Waals surface area contributed by atoms with Crippen molar-refractivity contribution in [2.75, 3.05) is 5.32 Å². The van der Waals surface area contributed by atoms with Crippen LogP contribution in [0.5, 0.6) is 0 Å². The van der Waals surface area contributed by atoms with Crippen molar-refractivity contribution in [2.45, 2.75) is 19.8 Å². The molecule has 0 unspecified atom stereocenters. The normalized spacial score (nSPS) is 11.8. The maximum Gasteiger partial charge on any atom is 0.335 e. The number of carboxylic acid groups (broad SMARTS) is 1. The third-order valence-corrected chi connectivity index (χ3v) is 4.11. The van der Waals surface area contributed by atoms with Gasteiger partial charge in [0.1, 0.15) is 0 Å². The number of carboxylic acids is 1. The Bertz CT molecular complexity index is 922. The zero-order valence-corrected chi connectivity index (χ0v) is 15.7. The van der Waals surface area contributed by atoms with E-state index in [2.05, 4.69) is 5.32 Å². The smallest absolute Gasteiger partial charge is 0.335 e. The van der Waals surface area contributed by atoms with E-state index in [4.69, 9.17) is 16.7 Å². The molecule has 0 fully saturated rings. The second kappa shape index (κ2) is 9.80. The molecule has 2 N–H and O–H groups in total. The fraction of sp³-hybridized carbons (Fsp3) is 0.143. The Morgan fingerprint density at radius 1 is 1.18 bits per heavy atom. The number of allylic oxidation sites excluding steroid dienone is 3. The van der Waals surface area contributed by atoms with Crippen LogP contribution in [0.1, 0.15) is 41.3 Å². The highest BCUT2D eigenvalue weighted by atomic mass is 35.5. The van der Waals surface area contributed by atoms with Gasteiger partial charge in [0, 0.05) is 22.7 Å². The van der Waals surface area contributed by atoms with Crippen LogP contribution < -0.4 is 5.32 Å². The molecule has 0 atom stereocenters. The van der Waals surface area contributed by atoms with Gasteiger partial charge in [-0.05, 0) is 54.5 Å². The number of benzene rings is 2. The molecule has 0 heterocycles. The summed E-state index contributed by atoms with van der Waals surface area (Å²) in [5, 5.41) is 11.8. The Hall–Kier alpha value is -2.99. The fourth-order valence-electron chi connectivity index (χ4n) is 2.45. The summed E-state index contributed by atoms with van der Waals surface area (Å²) >= 11 is 5.90. The van der Waals surface area contributed by atoms with Crippen molar-refractivity contribution >= 4 is 34.7 Å². The van der Waals surface area contributed by atoms with Crippen LogP contribution in [0.4, 0.5) is 14.5 Å². The van der Waals surface area contributed by atoms with E-state index in [0.29, 0.717) is 21.8 Å². The minimum Gasteiger partial charge on any atom is -0.478 e. The Morgan fingerprint density at radius 3 is 2.46 bits per heavy atom. The van der Waals surface area contributed by atoms with Crippen LogP contribution in [0.2, 0.25) is 5.02 Å². The average Bonchev–Trinajstić information content (AvgIpc) is 2.65. The monoisotopic (exact) mass is 405 g/mol. The Balaban J connectivity index is 1.98. The summed E-state index contributed by atoms with van der Waals surface area (Å²) in [6.45, 7) is 1.69. The van der Waals surface area contributed by atoms with Crippen LogP contribution in [-0.4, -0.2) is 17.0 Å². The van der Waals surface area contributed by atoms with Gasteiger partial charge in [-0.15, -0.1) is 0 Å². The first kappa shape index (κ1) is 21.3. The SMILES string of the molecule is C/C(=C\C=C\CC(=O)Nc1ccc(C(=O)O)cc1)c1cc(Cl)ccc1C(F)F. The van der Waals surface area contributed by atoms with Gasteiger partial charge in [-0.25, -0.2) is 13.6 Å². The minimum atomic E-state index is -2.61. The molecule has 0 aliphatic rings. The molecule has 0 saturated heterocycles. The predicted molar refractivity (Wildman–Crippen MR) is 106 cm³/mol. The number of anilines is 1. The Kier molecular flexibility index (Phi) is 7.46. The van der Waals surface area contributed by atoms with E-state index >= 15 is 0 Å². The van der Waals surface area contributed by atoms with Crippen molar-refractivity contribution in [3.05, 3.63) is 82.4 Å². The van der Waals surface area contributed by atoms with Crippen LogP contribution in [-0.2, 0) is 4.79 Å². The third kappa shape index (κ3) is 6.03. The molecule has 7 heteroatoms. The van der Waals surface area contributed by atoms with Crippen molar-refractivity contribution in [2.24, 2.45) is 0 Å². The second-order valence-electron chi connectivity index (χ2n) is 5.94. The number of rotatable bonds is 7. The van der Waals surface area contributed by atoms with E-state index in [-0.39, 0.29) is 23.5 Å². The van der Waals surface area contributed by atoms with Crippen LogP contribution in [0.3, 0.4) is 0 Å². The number of aromatic carboxylic acids is 1. The standard InChI is InChI=1S/C21H18ClF2NO3/c1-13(18-12-15(22)8-11-17(18)20(23)24)4-2-3-5-19(26)25-16-9-6-14(7-10-16)21(27)28/h2-4,6-12,20H,5H2,1H3,(H,25,26)(H,27,28)/b3-2+,13-4+. The maximum atomic E-state index is 13.1. The van der Waals surface area contributed by atoms with Crippen LogP contribution in [0.25, 0.3) is 5.57 Å². The highest BCUT2D eigenvalue weighted by Gasteiger charge is 2.14. The van der Waals surface area contributed by atoms with Gasteiger partial charge in [0.05, 0.1) is 5.56 Å². The molecule has 0 radical (unpaired) electrons. The Morgan fingerprint density at radius 2 is 1.86 bits per heavy atom. The molecule has 2 rings (SSSR count). The summed E-state index contributed by atoms with van der Waals surface area (Å²) in [4.78, 5) is 22.7. The van der Waals surface area contributed by atoms with E-state index in [1.807, 2.05) is 0 Å². The number of hydrogen-bond acceptors (Lipinski definition) is 2. The van der Waals surface area contributed by atoms with Crippen molar-refractivity contribution in [3.8, 4) is 0 Å². The summed E-state index contributed by atoms with van der Waals surface area (Å²) in [7, 11) is 0. The van der Waals surface area contributed by atoms with E-state index in [0.717, 1.165) is 0 Å². The first-order chi connectivity index (χ1) is 13.3. The fourth-order valence-corrected chi connectivity index (χ4v) is 2.62. The molecule has 4 nitrogen and oxygen atoms in total. The topological polar surface area (TPSA) is 66.4 Å². The lowest BCUT2D eigenvalue weighted by atomic mass is 10.0. The lowest BCUT2D eigenvalue weighted by Gasteiger charge is -2.09. The Labute approximate surface area is 166 Å². The van der Waals surface area contributed by atoms with Gasteiger partial charge in [-0.1, -0.05) is 35.9 Å². The highest BCUT2D eigenvalue weighted by Crippen LogP contribution is 2.30. The maximum absolute atomic E-state index is 13.1. The third-order valence-electron chi connectivity index (χ3n) is 3.88. The van der Waals surface area contributed by atoms with E-state index in [1.165, 1.54) is 42.5 Å². The molecule has 0 aliphatic carbocycles. The molecule has 2 aromatic rings. The molecule has 28 heavy (non-hydrogen) atoms. The number of carbonyl (C=O) groups is 2. The van der Waals surface area contributed by atoms with Gasteiger partial charge >= 0.3 is 5.97 Å². The summed E-state index contributed by atoms with van der Waals surface area (Å²) in [6.07, 6.45) is 2.29. The van der Waals surface area contributed by atoms with Gasteiger partial charge in [0.2, 0.25) is 5.91 Å². The first-order valence-corrected chi connectivity index (χ1v) is 8.70. The lowest BCUT2D eigenvalue weighted by Crippen LogP contribution is -2.10. The minimum absolute atomic E-state index is 0.0711. The van der Waals surface area contributed by atoms with Crippen molar-refractivity contribution < 1.29 is 23.5 Å². The van der Waals surface area contributed by atoms with Gasteiger partial charge < -0.3 is 10.4 Å². The molecular formula is C21H18ClF2NO3. The first-order valence-electron chi connectivity index (χ1n) is 8.32. The van der Waals surface area contributed by atoms with Gasteiger partial charge in [0.15, 0.2) is 0 Å². The van der Waals surface area contributed by atoms with Crippen LogP contribution in [0, 0.1) is 0 Å². The molecule has 0 spiro atoms. The summed E-state index contributed by atoms with van der Waals surface area (Å²) in [5.41, 5.74) is 1.46. The van der Waals surface area contributed by atoms with Gasteiger partial charge in [-0.2, -0.15) is 0 Å². The number of nitrogens with one attached hydrogen (secondary N) is 1. The van der Waals surface area contributed by atoms with Crippen molar-refractivity contribution in [1.82, 2.24) is 0 Å². The average molecular weight is 406 g/mol. The van der Waals surface area contributed by atoms with Gasteiger partial charge in [-0.3, -0.25) is 4.79 Å². The summed E-state index contributed by atoms with van der Waals surface area (Å²) < 4.78 is 26.2. The molecule has 0 aromatic heterocycles. The van der Waals surface area contributed by atoms with Gasteiger partial charge in [0.25, 0.3) is 6.43 Å². The number of halogens is 3. The quantitative estimate of drug-likeness (QED) is 0.558. The van der Waals surface area contributed by atoms with E-state index in [9.17, 15) is 18.4 Å². The molecule has 0 aliphatic heterocycles. The zero-order chi connectivity index (χ0) is 20.7. The molecule has 2 aromatic carbocycles. The number of carbonyl (C=O) groups excluding carboxylic acids is 1. The zero-order valence-electron chi connectivity index (χ0n) is 15.0. The lowest BCUT2D eigenvalue weighted by molar-refractivity contribution is -0.115. The summed E-state index contributed by atoms with van der Waals surface area (Å²) in [6, 6.07) is 9.99. The number of alkyl halides is 2. The predicted octanol–water partition coefficient (Wildman–Crippen LogP) is 5.96. The molecule has 0 saturated carbocycles. The highest BCUT2D eigenvalue weighted by molar-refractivity contribution is 6.30. The summed E-state index contributed by atoms with van der Waals surface area (Å²) in [5.74, 6) is -1.33. The van der Waals surface area contributed by atoms with E-state index < -0.39 is 12.4 Å². The largest absolute Gasteiger partial charge is 0.478 e. The molecule has 1 amide bonds. The molecule has 0 bridgehead atoms. The van der Waals surface area contributed by atoms with Crippen LogP contribution >= 0.6 is 11.6 Å². The van der Waals surface area contributed by atoms with Crippen molar-refractivity contribution in [3.63, 3.8) is 0 Å². The number of hydrogen-bond donors (Lipinski definition) is 2. The molecular weight excluding hydrogens is 388 g/mol. The molecule has 146 valence electrons. The van der Waals surface area contributed by atoms with Crippen LogP contribution in [0.15, 0.2) is 60.7 Å². The second-order valence-corrected chi connectivity index (χ2v) is 6.38.